The smallest absolute Gasteiger partial charge is 0.323 e. The van der Waals surface area contributed by atoms with Gasteiger partial charge in [0, 0.05) is 17.8 Å². The van der Waals surface area contributed by atoms with Gasteiger partial charge < -0.3 is 10.0 Å². The van der Waals surface area contributed by atoms with Crippen molar-refractivity contribution in [2.75, 3.05) is 11.4 Å². The Morgan fingerprint density at radius 2 is 2.17 bits per heavy atom. The van der Waals surface area contributed by atoms with Gasteiger partial charge in [0.2, 0.25) is 5.82 Å². The van der Waals surface area contributed by atoms with Crippen molar-refractivity contribution in [1.29, 1.82) is 0 Å². The summed E-state index contributed by atoms with van der Waals surface area (Å²) in [7, 11) is 0. The Labute approximate surface area is 104 Å². The summed E-state index contributed by atoms with van der Waals surface area (Å²) in [6.45, 7) is 4.97. The minimum absolute atomic E-state index is 0.0670. The zero-order chi connectivity index (χ0) is 13.9. The number of nitrogens with zero attached hydrogens (tertiary/aromatic N) is 3. The average Bonchev–Trinajstić information content (AvgIpc) is 2.24. The second-order valence-corrected chi connectivity index (χ2v) is 4.75. The van der Waals surface area contributed by atoms with Gasteiger partial charge in [-0.1, -0.05) is 0 Å². The van der Waals surface area contributed by atoms with Crippen molar-refractivity contribution in [3.05, 3.63) is 28.4 Å². The summed E-state index contributed by atoms with van der Waals surface area (Å²) in [5, 5.41) is 19.8. The molecule has 0 saturated heterocycles. The molecule has 0 saturated carbocycles. The van der Waals surface area contributed by atoms with Crippen LogP contribution in [0.15, 0.2) is 18.3 Å². The third-order valence-electron chi connectivity index (χ3n) is 2.32. The van der Waals surface area contributed by atoms with E-state index in [0.29, 0.717) is 0 Å². The van der Waals surface area contributed by atoms with Crippen LogP contribution in [0.1, 0.15) is 20.8 Å². The van der Waals surface area contributed by atoms with Gasteiger partial charge in [0.15, 0.2) is 0 Å². The molecule has 98 valence electrons. The summed E-state index contributed by atoms with van der Waals surface area (Å²) in [5.74, 6) is -0.998. The highest BCUT2D eigenvalue weighted by molar-refractivity contribution is 5.75. The molecule has 1 aromatic heterocycles. The van der Waals surface area contributed by atoms with E-state index in [1.165, 1.54) is 23.2 Å². The standard InChI is InChI=1S/C11H15N3O4/c1-11(2,3)13(7-9(15)16)10-8(14(17)18)5-4-6-12-10/h4-6H,7H2,1-3H3,(H,15,16). The van der Waals surface area contributed by atoms with Gasteiger partial charge >= 0.3 is 11.7 Å². The maximum absolute atomic E-state index is 10.9. The Balaban J connectivity index is 3.29. The third kappa shape index (κ3) is 3.16. The van der Waals surface area contributed by atoms with E-state index in [1.807, 2.05) is 0 Å². The Morgan fingerprint density at radius 3 is 2.61 bits per heavy atom. The SMILES string of the molecule is CC(C)(C)N(CC(=O)O)c1ncccc1[N+](=O)[O-]. The van der Waals surface area contributed by atoms with E-state index in [0.717, 1.165) is 0 Å². The Hall–Kier alpha value is -2.18. The van der Waals surface area contributed by atoms with Crippen LogP contribution in [0.3, 0.4) is 0 Å². The highest BCUT2D eigenvalue weighted by Crippen LogP contribution is 2.29. The molecule has 7 nitrogen and oxygen atoms in total. The van der Waals surface area contributed by atoms with Crippen LogP contribution in [0.4, 0.5) is 11.5 Å². The molecule has 0 unspecified atom stereocenters. The second-order valence-electron chi connectivity index (χ2n) is 4.75. The monoisotopic (exact) mass is 253 g/mol. The summed E-state index contributed by atoms with van der Waals surface area (Å²) in [4.78, 5) is 26.6. The molecule has 0 aliphatic rings. The first kappa shape index (κ1) is 13.9. The van der Waals surface area contributed by atoms with Crippen LogP contribution in [0.2, 0.25) is 0 Å². The third-order valence-corrected chi connectivity index (χ3v) is 2.32. The number of carboxylic acid groups (broad SMARTS) is 1. The normalized spacial score (nSPS) is 11.1. The Morgan fingerprint density at radius 1 is 1.56 bits per heavy atom. The molecule has 0 aliphatic carbocycles. The number of aliphatic carboxylic acids is 1. The molecule has 0 fully saturated rings. The fourth-order valence-corrected chi connectivity index (χ4v) is 1.50. The number of aromatic nitrogens is 1. The van der Waals surface area contributed by atoms with Gasteiger partial charge in [-0.05, 0) is 26.8 Å². The van der Waals surface area contributed by atoms with Crippen molar-refractivity contribution >= 4 is 17.5 Å². The topological polar surface area (TPSA) is 96.6 Å². The highest BCUT2D eigenvalue weighted by atomic mass is 16.6. The first-order valence-electron chi connectivity index (χ1n) is 5.32. The second kappa shape index (κ2) is 4.99. The van der Waals surface area contributed by atoms with E-state index in [2.05, 4.69) is 4.98 Å². The number of carboxylic acids is 1. The van der Waals surface area contributed by atoms with E-state index < -0.39 is 16.4 Å². The lowest BCUT2D eigenvalue weighted by Gasteiger charge is -2.34. The van der Waals surface area contributed by atoms with Crippen LogP contribution < -0.4 is 4.90 Å². The van der Waals surface area contributed by atoms with Crippen LogP contribution in [-0.2, 0) is 4.79 Å². The molecule has 0 amide bonds. The summed E-state index contributed by atoms with van der Waals surface area (Å²) in [6.07, 6.45) is 1.41. The van der Waals surface area contributed by atoms with Gasteiger partial charge in [0.05, 0.1) is 4.92 Å². The zero-order valence-corrected chi connectivity index (χ0v) is 10.5. The largest absolute Gasteiger partial charge is 0.480 e. The van der Waals surface area contributed by atoms with Crippen molar-refractivity contribution < 1.29 is 14.8 Å². The van der Waals surface area contributed by atoms with Crippen molar-refractivity contribution in [3.8, 4) is 0 Å². The first-order valence-corrected chi connectivity index (χ1v) is 5.32. The molecule has 0 bridgehead atoms. The van der Waals surface area contributed by atoms with Gasteiger partial charge in [0.25, 0.3) is 0 Å². The average molecular weight is 253 g/mol. The highest BCUT2D eigenvalue weighted by Gasteiger charge is 2.30. The molecule has 1 rings (SSSR count). The number of rotatable bonds is 4. The van der Waals surface area contributed by atoms with Crippen LogP contribution in [0, 0.1) is 10.1 Å². The summed E-state index contributed by atoms with van der Waals surface area (Å²) in [5.41, 5.74) is -0.786. The number of carbonyl (C=O) groups is 1. The Bertz CT molecular complexity index is 468. The number of hydrogen-bond donors (Lipinski definition) is 1. The van der Waals surface area contributed by atoms with E-state index in [4.69, 9.17) is 5.11 Å². The lowest BCUT2D eigenvalue weighted by molar-refractivity contribution is -0.384. The fourth-order valence-electron chi connectivity index (χ4n) is 1.50. The van der Waals surface area contributed by atoms with E-state index in [1.54, 1.807) is 20.8 Å². The Kier molecular flexibility index (Phi) is 3.85. The predicted molar refractivity (Wildman–Crippen MR) is 65.6 cm³/mol. The number of anilines is 1. The quantitative estimate of drug-likeness (QED) is 0.647. The lowest BCUT2D eigenvalue weighted by atomic mass is 10.1. The van der Waals surface area contributed by atoms with Crippen LogP contribution in [0.5, 0.6) is 0 Å². The molecule has 7 heteroatoms. The molecular weight excluding hydrogens is 238 g/mol. The van der Waals surface area contributed by atoms with Gasteiger partial charge in [0.1, 0.15) is 6.54 Å². The van der Waals surface area contributed by atoms with Crippen LogP contribution in [0.25, 0.3) is 0 Å². The molecule has 1 N–H and O–H groups in total. The van der Waals surface area contributed by atoms with E-state index in [-0.39, 0.29) is 18.1 Å². The number of nitro groups is 1. The maximum atomic E-state index is 10.9. The van der Waals surface area contributed by atoms with Crippen molar-refractivity contribution in [1.82, 2.24) is 4.98 Å². The maximum Gasteiger partial charge on any atom is 0.323 e. The zero-order valence-electron chi connectivity index (χ0n) is 10.5. The van der Waals surface area contributed by atoms with E-state index >= 15 is 0 Å². The van der Waals surface area contributed by atoms with Crippen molar-refractivity contribution in [2.24, 2.45) is 0 Å². The minimum atomic E-state index is -1.06. The molecule has 18 heavy (non-hydrogen) atoms. The predicted octanol–water partition coefficient (Wildman–Crippen LogP) is 1.68. The summed E-state index contributed by atoms with van der Waals surface area (Å²) < 4.78 is 0. The molecule has 0 spiro atoms. The van der Waals surface area contributed by atoms with Crippen molar-refractivity contribution in [3.63, 3.8) is 0 Å². The lowest BCUT2D eigenvalue weighted by Crippen LogP contribution is -2.45. The minimum Gasteiger partial charge on any atom is -0.480 e. The van der Waals surface area contributed by atoms with Crippen LogP contribution in [-0.4, -0.2) is 33.1 Å². The summed E-state index contributed by atoms with van der Waals surface area (Å²) >= 11 is 0. The van der Waals surface area contributed by atoms with Gasteiger partial charge in [-0.15, -0.1) is 0 Å². The van der Waals surface area contributed by atoms with Gasteiger partial charge in [-0.3, -0.25) is 14.9 Å². The fraction of sp³-hybridized carbons (Fsp3) is 0.455. The molecule has 0 aliphatic heterocycles. The molecular formula is C11H15N3O4. The molecule has 0 radical (unpaired) electrons. The van der Waals surface area contributed by atoms with E-state index in [9.17, 15) is 14.9 Å². The number of pyridine rings is 1. The first-order chi connectivity index (χ1) is 8.23. The van der Waals surface area contributed by atoms with Crippen LogP contribution >= 0.6 is 0 Å². The molecule has 1 aromatic rings. The van der Waals surface area contributed by atoms with Gasteiger partial charge in [-0.2, -0.15) is 0 Å². The molecule has 0 atom stereocenters. The van der Waals surface area contributed by atoms with Crippen molar-refractivity contribution in [2.45, 2.75) is 26.3 Å². The van der Waals surface area contributed by atoms with Gasteiger partial charge in [-0.25, -0.2) is 4.98 Å². The molecule has 1 heterocycles. The summed E-state index contributed by atoms with van der Waals surface area (Å²) in [6, 6.07) is 2.76. The molecule has 0 aromatic carbocycles. The number of hydrogen-bond acceptors (Lipinski definition) is 5.